The first-order valence-electron chi connectivity index (χ1n) is 6.99. The number of carboxylic acids is 2. The Bertz CT molecular complexity index is 278. The van der Waals surface area contributed by atoms with E-state index in [1.807, 2.05) is 6.92 Å². The van der Waals surface area contributed by atoms with Crippen LogP contribution in [0, 0.1) is 11.3 Å². The first-order chi connectivity index (χ1) is 8.53. The van der Waals surface area contributed by atoms with E-state index in [0.29, 0.717) is 12.3 Å². The first kappa shape index (κ1) is 15.0. The fraction of sp³-hybridized carbons (Fsp3) is 0.857. The molecule has 0 unspecified atom stereocenters. The molecule has 0 aromatic heterocycles. The summed E-state index contributed by atoms with van der Waals surface area (Å²) in [5.41, 5.74) is -1.56. The normalized spacial score (nSPS) is 16.9. The predicted molar refractivity (Wildman–Crippen MR) is 68.4 cm³/mol. The molecule has 0 aliphatic heterocycles. The second kappa shape index (κ2) is 6.76. The van der Waals surface area contributed by atoms with Crippen LogP contribution in [0.5, 0.6) is 0 Å². The summed E-state index contributed by atoms with van der Waals surface area (Å²) in [5, 5.41) is 18.6. The van der Waals surface area contributed by atoms with Crippen molar-refractivity contribution < 1.29 is 19.8 Å². The van der Waals surface area contributed by atoms with E-state index in [0.717, 1.165) is 25.7 Å². The standard InChI is InChI=1S/C14H24O4/c1-2-3-9-14(12(15)16,13(17)18)10-8-11-6-4-5-7-11/h11H,2-10H2,1H3,(H,15,16)(H,17,18). The number of rotatable bonds is 8. The number of hydrogen-bond acceptors (Lipinski definition) is 2. The van der Waals surface area contributed by atoms with Crippen LogP contribution >= 0.6 is 0 Å². The summed E-state index contributed by atoms with van der Waals surface area (Å²) >= 11 is 0. The van der Waals surface area contributed by atoms with Crippen LogP contribution in [-0.2, 0) is 9.59 Å². The van der Waals surface area contributed by atoms with Crippen molar-refractivity contribution in [1.82, 2.24) is 0 Å². The molecule has 4 heteroatoms. The van der Waals surface area contributed by atoms with Gasteiger partial charge in [-0.25, -0.2) is 0 Å². The molecule has 104 valence electrons. The highest BCUT2D eigenvalue weighted by molar-refractivity contribution is 5.98. The Morgan fingerprint density at radius 1 is 1.11 bits per heavy atom. The Kier molecular flexibility index (Phi) is 5.63. The van der Waals surface area contributed by atoms with Gasteiger partial charge in [0, 0.05) is 0 Å². The SMILES string of the molecule is CCCCC(CCC1CCCC1)(C(=O)O)C(=O)O. The summed E-state index contributed by atoms with van der Waals surface area (Å²) in [6.07, 6.45) is 7.41. The monoisotopic (exact) mass is 256 g/mol. The number of aliphatic carboxylic acids is 2. The minimum absolute atomic E-state index is 0.251. The number of carbonyl (C=O) groups is 2. The number of unbranched alkanes of at least 4 members (excludes halogenated alkanes) is 1. The van der Waals surface area contributed by atoms with Crippen molar-refractivity contribution in [1.29, 1.82) is 0 Å². The van der Waals surface area contributed by atoms with Gasteiger partial charge in [-0.05, 0) is 25.2 Å². The Balaban J connectivity index is 2.67. The summed E-state index contributed by atoms with van der Waals surface area (Å²) in [5.74, 6) is -1.80. The molecule has 1 aliphatic carbocycles. The van der Waals surface area contributed by atoms with Gasteiger partial charge in [-0.15, -0.1) is 0 Å². The molecule has 2 N–H and O–H groups in total. The van der Waals surface area contributed by atoms with Gasteiger partial charge in [0.05, 0.1) is 0 Å². The minimum atomic E-state index is -1.56. The van der Waals surface area contributed by atoms with Gasteiger partial charge in [0.15, 0.2) is 5.41 Å². The molecule has 18 heavy (non-hydrogen) atoms. The number of hydrogen-bond donors (Lipinski definition) is 2. The van der Waals surface area contributed by atoms with E-state index < -0.39 is 17.4 Å². The summed E-state index contributed by atoms with van der Waals surface area (Å²) in [6.45, 7) is 1.95. The van der Waals surface area contributed by atoms with Crippen molar-refractivity contribution in [3.63, 3.8) is 0 Å². The second-order valence-corrected chi connectivity index (χ2v) is 5.49. The van der Waals surface area contributed by atoms with Crippen molar-refractivity contribution in [3.05, 3.63) is 0 Å². The largest absolute Gasteiger partial charge is 0.480 e. The van der Waals surface area contributed by atoms with Gasteiger partial charge in [0.2, 0.25) is 0 Å². The molecule has 1 rings (SSSR count). The van der Waals surface area contributed by atoms with Crippen LogP contribution in [-0.4, -0.2) is 22.2 Å². The molecule has 0 radical (unpaired) electrons. The quantitative estimate of drug-likeness (QED) is 0.653. The summed E-state index contributed by atoms with van der Waals surface area (Å²) < 4.78 is 0. The molecule has 1 fully saturated rings. The Morgan fingerprint density at radius 3 is 2.11 bits per heavy atom. The third-order valence-electron chi connectivity index (χ3n) is 4.23. The maximum Gasteiger partial charge on any atom is 0.321 e. The molecule has 0 atom stereocenters. The molecule has 1 saturated carbocycles. The lowest BCUT2D eigenvalue weighted by atomic mass is 9.77. The zero-order valence-electron chi connectivity index (χ0n) is 11.2. The zero-order chi connectivity index (χ0) is 13.6. The van der Waals surface area contributed by atoms with Gasteiger partial charge in [0.25, 0.3) is 0 Å². The van der Waals surface area contributed by atoms with Crippen molar-refractivity contribution in [2.75, 3.05) is 0 Å². The second-order valence-electron chi connectivity index (χ2n) is 5.49. The lowest BCUT2D eigenvalue weighted by molar-refractivity contribution is -0.166. The fourth-order valence-electron chi connectivity index (χ4n) is 2.87. The van der Waals surface area contributed by atoms with Gasteiger partial charge >= 0.3 is 11.9 Å². The molecular formula is C14H24O4. The van der Waals surface area contributed by atoms with Crippen LogP contribution in [0.15, 0.2) is 0 Å². The van der Waals surface area contributed by atoms with E-state index in [1.54, 1.807) is 0 Å². The topological polar surface area (TPSA) is 74.6 Å². The molecule has 0 heterocycles. The maximum absolute atomic E-state index is 11.4. The molecule has 0 spiro atoms. The molecular weight excluding hydrogens is 232 g/mol. The molecule has 1 aliphatic rings. The molecule has 0 saturated heterocycles. The van der Waals surface area contributed by atoms with Crippen molar-refractivity contribution in [2.24, 2.45) is 11.3 Å². The van der Waals surface area contributed by atoms with Crippen LogP contribution in [0.4, 0.5) is 0 Å². The number of carboxylic acid groups (broad SMARTS) is 2. The van der Waals surface area contributed by atoms with E-state index >= 15 is 0 Å². The third kappa shape index (κ3) is 3.47. The predicted octanol–water partition coefficient (Wildman–Crippen LogP) is 3.30. The molecule has 0 bridgehead atoms. The lowest BCUT2D eigenvalue weighted by Crippen LogP contribution is -2.39. The van der Waals surface area contributed by atoms with Crippen molar-refractivity contribution in [2.45, 2.75) is 64.7 Å². The van der Waals surface area contributed by atoms with Crippen LogP contribution in [0.1, 0.15) is 64.7 Å². The fourth-order valence-corrected chi connectivity index (χ4v) is 2.87. The lowest BCUT2D eigenvalue weighted by Gasteiger charge is -2.26. The highest BCUT2D eigenvalue weighted by atomic mass is 16.4. The van der Waals surface area contributed by atoms with E-state index in [1.165, 1.54) is 12.8 Å². The summed E-state index contributed by atoms with van der Waals surface area (Å²) in [7, 11) is 0. The summed E-state index contributed by atoms with van der Waals surface area (Å²) in [6, 6.07) is 0. The van der Waals surface area contributed by atoms with Crippen LogP contribution < -0.4 is 0 Å². The van der Waals surface area contributed by atoms with E-state index in [-0.39, 0.29) is 12.8 Å². The molecule has 4 nitrogen and oxygen atoms in total. The molecule has 0 aromatic rings. The van der Waals surface area contributed by atoms with Gasteiger partial charge in [-0.1, -0.05) is 45.4 Å². The van der Waals surface area contributed by atoms with Gasteiger partial charge in [-0.3, -0.25) is 9.59 Å². The molecule has 0 amide bonds. The Morgan fingerprint density at radius 2 is 1.67 bits per heavy atom. The minimum Gasteiger partial charge on any atom is -0.480 e. The average molecular weight is 256 g/mol. The van der Waals surface area contributed by atoms with E-state index in [2.05, 4.69) is 0 Å². The first-order valence-corrected chi connectivity index (χ1v) is 6.99. The van der Waals surface area contributed by atoms with Crippen LogP contribution in [0.25, 0.3) is 0 Å². The summed E-state index contributed by atoms with van der Waals surface area (Å²) in [4.78, 5) is 22.8. The van der Waals surface area contributed by atoms with Crippen LogP contribution in [0.3, 0.4) is 0 Å². The maximum atomic E-state index is 11.4. The zero-order valence-corrected chi connectivity index (χ0v) is 11.2. The smallest absolute Gasteiger partial charge is 0.321 e. The molecule has 0 aromatic carbocycles. The van der Waals surface area contributed by atoms with Crippen molar-refractivity contribution in [3.8, 4) is 0 Å². The van der Waals surface area contributed by atoms with Gasteiger partial charge in [0.1, 0.15) is 0 Å². The van der Waals surface area contributed by atoms with E-state index in [9.17, 15) is 19.8 Å². The Hall–Kier alpha value is -1.06. The van der Waals surface area contributed by atoms with E-state index in [4.69, 9.17) is 0 Å². The third-order valence-corrected chi connectivity index (χ3v) is 4.23. The van der Waals surface area contributed by atoms with Gasteiger partial charge in [-0.2, -0.15) is 0 Å². The Labute approximate surface area is 108 Å². The highest BCUT2D eigenvalue weighted by Gasteiger charge is 2.45. The van der Waals surface area contributed by atoms with Crippen LogP contribution in [0.2, 0.25) is 0 Å². The average Bonchev–Trinajstić information content (AvgIpc) is 2.81. The van der Waals surface area contributed by atoms with Gasteiger partial charge < -0.3 is 10.2 Å². The van der Waals surface area contributed by atoms with Crippen molar-refractivity contribution >= 4 is 11.9 Å². The highest BCUT2D eigenvalue weighted by Crippen LogP contribution is 2.37.